The van der Waals surface area contributed by atoms with Crippen LogP contribution in [0.2, 0.25) is 0 Å². The second-order valence-corrected chi connectivity index (χ2v) is 7.43. The molecule has 0 spiro atoms. The molecule has 4 bridgehead atoms. The Morgan fingerprint density at radius 3 is 2.55 bits per heavy atom. The van der Waals surface area contributed by atoms with Gasteiger partial charge in [-0.15, -0.1) is 0 Å². The number of halogens is 2. The maximum atomic E-state index is 14.6. The Kier molecular flexibility index (Phi) is 6.81. The highest BCUT2D eigenvalue weighted by Gasteiger charge is 2.19. The zero-order valence-corrected chi connectivity index (χ0v) is 17.2. The molecular formula is C21H18F2N2O5S. The topological polar surface area (TPSA) is 97.5 Å². The molecule has 2 heterocycles. The summed E-state index contributed by atoms with van der Waals surface area (Å²) < 4.78 is 54.8. The first-order chi connectivity index (χ1) is 14.8. The Morgan fingerprint density at radius 2 is 1.84 bits per heavy atom. The Balaban J connectivity index is 2.20. The largest absolute Gasteiger partial charge is 0.489 e. The van der Waals surface area contributed by atoms with Crippen LogP contribution in [-0.4, -0.2) is 28.4 Å². The molecule has 1 aliphatic rings. The van der Waals surface area contributed by atoms with E-state index < -0.39 is 34.1 Å². The van der Waals surface area contributed by atoms with Crippen molar-refractivity contribution < 1.29 is 27.3 Å². The molecule has 162 valence electrons. The number of allylic oxidation sites excluding steroid dienone is 4. The van der Waals surface area contributed by atoms with Crippen LogP contribution in [-0.2, 0) is 20.5 Å². The number of H-pyrrole nitrogens is 1. The van der Waals surface area contributed by atoms with E-state index in [0.717, 1.165) is 18.2 Å². The fraction of sp³-hybridized carbons (Fsp3) is 0.143. The zero-order chi connectivity index (χ0) is 22.5. The monoisotopic (exact) mass is 448 g/mol. The van der Waals surface area contributed by atoms with E-state index in [1.807, 2.05) is 0 Å². The average molecular weight is 448 g/mol. The van der Waals surface area contributed by atoms with Crippen LogP contribution in [0.1, 0.15) is 22.8 Å². The summed E-state index contributed by atoms with van der Waals surface area (Å²) >= 11 is 0. The van der Waals surface area contributed by atoms with E-state index in [0.29, 0.717) is 6.07 Å². The van der Waals surface area contributed by atoms with Crippen molar-refractivity contribution in [2.45, 2.75) is 11.9 Å². The molecule has 0 saturated carbocycles. The molecular weight excluding hydrogens is 430 g/mol. The average Bonchev–Trinajstić information content (AvgIpc) is 2.73. The quantitative estimate of drug-likeness (QED) is 0.686. The van der Waals surface area contributed by atoms with Crippen LogP contribution in [0.25, 0.3) is 5.57 Å². The molecule has 0 amide bonds. The number of aromatic nitrogens is 1. The number of esters is 1. The van der Waals surface area contributed by atoms with E-state index in [1.54, 1.807) is 19.1 Å². The van der Waals surface area contributed by atoms with Crippen LogP contribution in [0.15, 0.2) is 64.7 Å². The number of nitrogens with one attached hydrogen (secondary N) is 2. The number of hydrogen-bond acceptors (Lipinski definition) is 5. The van der Waals surface area contributed by atoms with Gasteiger partial charge in [-0.2, -0.15) is 0 Å². The first kappa shape index (κ1) is 22.2. The first-order valence-corrected chi connectivity index (χ1v) is 10.2. The molecule has 1 atom stereocenters. The van der Waals surface area contributed by atoms with Gasteiger partial charge in [-0.3, -0.25) is 9.52 Å². The number of rotatable bonds is 2. The van der Waals surface area contributed by atoms with Gasteiger partial charge >= 0.3 is 5.97 Å². The number of ether oxygens (including phenoxy) is 2. The molecule has 0 saturated heterocycles. The highest BCUT2D eigenvalue weighted by Crippen LogP contribution is 2.30. The number of hydrogen-bond donors (Lipinski definition) is 2. The lowest BCUT2D eigenvalue weighted by molar-refractivity contribution is 0.0408. The number of carbonyl (C=O) groups excluding carboxylic acids is 1. The fourth-order valence-corrected chi connectivity index (χ4v) is 3.70. The summed E-state index contributed by atoms with van der Waals surface area (Å²) in [4.78, 5) is 26.4. The van der Waals surface area contributed by atoms with Crippen molar-refractivity contribution in [3.8, 4) is 0 Å². The third-order valence-corrected chi connectivity index (χ3v) is 5.19. The summed E-state index contributed by atoms with van der Waals surface area (Å²) in [6.07, 6.45) is 4.50. The van der Waals surface area contributed by atoms with Gasteiger partial charge in [0, 0.05) is 23.3 Å². The van der Waals surface area contributed by atoms with Crippen LogP contribution in [0.4, 0.5) is 14.5 Å². The lowest BCUT2D eigenvalue weighted by atomic mass is 10.0. The molecule has 2 N–H and O–H groups in total. The van der Waals surface area contributed by atoms with E-state index in [1.165, 1.54) is 6.08 Å². The predicted molar refractivity (Wildman–Crippen MR) is 112 cm³/mol. The fourth-order valence-electron chi connectivity index (χ4n) is 2.81. The smallest absolute Gasteiger partial charge is 0.338 e. The van der Waals surface area contributed by atoms with Crippen molar-refractivity contribution in [2.75, 3.05) is 17.9 Å². The highest BCUT2D eigenvalue weighted by atomic mass is 32.2. The van der Waals surface area contributed by atoms with Crippen LogP contribution in [0.5, 0.6) is 0 Å². The number of benzene rings is 1. The zero-order valence-electron chi connectivity index (χ0n) is 16.4. The first-order valence-electron chi connectivity index (χ1n) is 9.05. The van der Waals surface area contributed by atoms with Crippen LogP contribution in [0.3, 0.4) is 0 Å². The number of fused-ring (bicyclic) bond motifs is 4. The van der Waals surface area contributed by atoms with Crippen LogP contribution >= 0.6 is 0 Å². The summed E-state index contributed by atoms with van der Waals surface area (Å²) in [5.74, 6) is -2.55. The van der Waals surface area contributed by atoms with Crippen LogP contribution < -0.4 is 10.3 Å². The Labute approximate surface area is 178 Å². The van der Waals surface area contributed by atoms with Gasteiger partial charge in [0.25, 0.3) is 0 Å². The number of anilines is 1. The Bertz CT molecular complexity index is 1190. The summed E-state index contributed by atoms with van der Waals surface area (Å²) in [6.45, 7) is 5.08. The molecule has 1 unspecified atom stereocenters. The molecule has 7 nitrogen and oxygen atoms in total. The minimum absolute atomic E-state index is 0.0389. The lowest BCUT2D eigenvalue weighted by Gasteiger charge is -2.14. The number of pyridine rings is 1. The van der Waals surface area contributed by atoms with Gasteiger partial charge in [0.1, 0.15) is 35.6 Å². The van der Waals surface area contributed by atoms with Gasteiger partial charge in [0.15, 0.2) is 11.0 Å². The minimum atomic E-state index is -2.18. The molecule has 31 heavy (non-hydrogen) atoms. The third kappa shape index (κ3) is 4.97. The van der Waals surface area contributed by atoms with Crippen molar-refractivity contribution in [1.29, 1.82) is 0 Å². The standard InChI is InChI=1S/C21H18F2N2O5S/c1-3-5-13-14-10-17(16(23)11-15(14)22)25-31(28)20-9-12(8-19(26)24-20)21(27)30-7-6-29-18(13)4-2/h3-5,8-11,25H,2,6-7H2,1H3,(H,24,26)/b5-3-,18-13-. The summed E-state index contributed by atoms with van der Waals surface area (Å²) in [5.41, 5.74) is -0.921. The van der Waals surface area contributed by atoms with E-state index in [2.05, 4.69) is 16.3 Å². The van der Waals surface area contributed by atoms with E-state index in [4.69, 9.17) is 9.47 Å². The predicted octanol–water partition coefficient (Wildman–Crippen LogP) is 3.45. The summed E-state index contributed by atoms with van der Waals surface area (Å²) in [7, 11) is -2.18. The normalized spacial score (nSPS) is 19.6. The maximum Gasteiger partial charge on any atom is 0.338 e. The highest BCUT2D eigenvalue weighted by molar-refractivity contribution is 7.86. The van der Waals surface area contributed by atoms with Crippen molar-refractivity contribution in [3.05, 3.63) is 87.9 Å². The Hall–Kier alpha value is -3.53. The van der Waals surface area contributed by atoms with E-state index in [9.17, 15) is 22.6 Å². The van der Waals surface area contributed by atoms with Gasteiger partial charge in [-0.25, -0.2) is 17.8 Å². The number of carbonyl (C=O) groups is 1. The SMILES string of the molecule is C=C/C1=C(\C=C/C)c2cc(c(F)cc2F)NS(=O)c2cc(cc(=O)[nH]2)C(=O)OCCO1. The molecule has 1 aromatic carbocycles. The van der Waals surface area contributed by atoms with Crippen molar-refractivity contribution in [3.63, 3.8) is 0 Å². The number of aromatic amines is 1. The maximum absolute atomic E-state index is 14.6. The van der Waals surface area contributed by atoms with Gasteiger partial charge in [-0.1, -0.05) is 18.7 Å². The summed E-state index contributed by atoms with van der Waals surface area (Å²) in [5, 5.41) is -0.188. The van der Waals surface area contributed by atoms with Gasteiger partial charge in [0.05, 0.1) is 11.3 Å². The minimum Gasteiger partial charge on any atom is -0.489 e. The second-order valence-electron chi connectivity index (χ2n) is 6.25. The van der Waals surface area contributed by atoms with E-state index in [-0.39, 0.29) is 46.4 Å². The van der Waals surface area contributed by atoms with Crippen LogP contribution in [0, 0.1) is 11.6 Å². The molecule has 2 aromatic rings. The van der Waals surface area contributed by atoms with Gasteiger partial charge < -0.3 is 14.5 Å². The third-order valence-electron chi connectivity index (χ3n) is 4.16. The second kappa shape index (κ2) is 9.52. The molecule has 0 fully saturated rings. The molecule has 0 radical (unpaired) electrons. The molecule has 1 aromatic heterocycles. The molecule has 3 rings (SSSR count). The van der Waals surface area contributed by atoms with Gasteiger partial charge in [0.2, 0.25) is 5.56 Å². The van der Waals surface area contributed by atoms with E-state index >= 15 is 0 Å². The van der Waals surface area contributed by atoms with Gasteiger partial charge in [-0.05, 0) is 25.1 Å². The van der Waals surface area contributed by atoms with Crippen molar-refractivity contribution in [1.82, 2.24) is 4.98 Å². The van der Waals surface area contributed by atoms with Crippen molar-refractivity contribution >= 4 is 28.2 Å². The van der Waals surface area contributed by atoms with Crippen molar-refractivity contribution in [2.24, 2.45) is 0 Å². The molecule has 0 aliphatic carbocycles. The molecule has 10 heteroatoms. The lowest BCUT2D eigenvalue weighted by Crippen LogP contribution is -2.18. The summed E-state index contributed by atoms with van der Waals surface area (Å²) in [6, 6.07) is 3.91. The molecule has 1 aliphatic heterocycles. The number of cyclic esters (lactones) is 1. The Morgan fingerprint density at radius 1 is 1.10 bits per heavy atom.